The zero-order chi connectivity index (χ0) is 15.8. The van der Waals surface area contributed by atoms with Crippen molar-refractivity contribution >= 4 is 5.69 Å². The van der Waals surface area contributed by atoms with Crippen molar-refractivity contribution in [3.8, 4) is 16.9 Å². The Balaban J connectivity index is 2.41. The smallest absolute Gasteiger partial charge is 0.404 e. The van der Waals surface area contributed by atoms with E-state index in [4.69, 9.17) is 5.73 Å². The Morgan fingerprint density at radius 2 is 1.43 bits per heavy atom. The first-order valence-electron chi connectivity index (χ1n) is 5.47. The molecule has 0 radical (unpaired) electrons. The van der Waals surface area contributed by atoms with Crippen LogP contribution in [0.4, 0.5) is 32.0 Å². The van der Waals surface area contributed by atoms with E-state index < -0.39 is 29.6 Å². The van der Waals surface area contributed by atoms with Gasteiger partial charge in [-0.1, -0.05) is 6.07 Å². The highest BCUT2D eigenvalue weighted by Gasteiger charge is 2.32. The second-order valence-corrected chi connectivity index (χ2v) is 4.05. The van der Waals surface area contributed by atoms with Gasteiger partial charge in [0, 0.05) is 0 Å². The van der Waals surface area contributed by atoms with Crippen LogP contribution in [0.3, 0.4) is 0 Å². The topological polar surface area (TPSA) is 35.2 Å². The van der Waals surface area contributed by atoms with Gasteiger partial charge in [-0.15, -0.1) is 13.2 Å². The SMILES string of the molecule is Nc1cc(-c2cc(F)c(F)c(F)c2)ccc1OC(F)(F)F. The number of anilines is 1. The van der Waals surface area contributed by atoms with E-state index in [1.54, 1.807) is 0 Å². The molecule has 0 bridgehead atoms. The Morgan fingerprint density at radius 1 is 0.857 bits per heavy atom. The van der Waals surface area contributed by atoms with Gasteiger partial charge in [-0.05, 0) is 35.4 Å². The van der Waals surface area contributed by atoms with Gasteiger partial charge < -0.3 is 10.5 Å². The molecule has 0 aromatic heterocycles. The van der Waals surface area contributed by atoms with E-state index >= 15 is 0 Å². The number of ether oxygens (including phenoxy) is 1. The molecule has 0 aliphatic rings. The fourth-order valence-corrected chi connectivity index (χ4v) is 1.67. The molecule has 112 valence electrons. The van der Waals surface area contributed by atoms with Gasteiger partial charge in [-0.2, -0.15) is 0 Å². The van der Waals surface area contributed by atoms with Crippen molar-refractivity contribution in [3.05, 3.63) is 47.8 Å². The van der Waals surface area contributed by atoms with Crippen molar-refractivity contribution in [2.45, 2.75) is 6.36 Å². The van der Waals surface area contributed by atoms with Crippen LogP contribution in [0.25, 0.3) is 11.1 Å². The van der Waals surface area contributed by atoms with E-state index in [0.29, 0.717) is 12.1 Å². The van der Waals surface area contributed by atoms with Crippen LogP contribution < -0.4 is 10.5 Å². The predicted octanol–water partition coefficient (Wildman–Crippen LogP) is 4.25. The third kappa shape index (κ3) is 3.39. The summed E-state index contributed by atoms with van der Waals surface area (Å²) in [5.74, 6) is -5.11. The zero-order valence-corrected chi connectivity index (χ0v) is 10.1. The van der Waals surface area contributed by atoms with Gasteiger partial charge in [0.1, 0.15) is 0 Å². The van der Waals surface area contributed by atoms with Crippen molar-refractivity contribution in [2.75, 3.05) is 5.73 Å². The fourth-order valence-electron chi connectivity index (χ4n) is 1.67. The van der Waals surface area contributed by atoms with Gasteiger partial charge in [0.2, 0.25) is 0 Å². The van der Waals surface area contributed by atoms with E-state index in [9.17, 15) is 26.3 Å². The second kappa shape index (κ2) is 5.19. The summed E-state index contributed by atoms with van der Waals surface area (Å²) < 4.78 is 78.9. The summed E-state index contributed by atoms with van der Waals surface area (Å²) >= 11 is 0. The Morgan fingerprint density at radius 3 is 1.90 bits per heavy atom. The molecule has 2 aromatic rings. The maximum atomic E-state index is 13.1. The number of alkyl halides is 3. The van der Waals surface area contributed by atoms with Crippen LogP contribution in [0, 0.1) is 17.5 Å². The summed E-state index contributed by atoms with van der Waals surface area (Å²) in [5.41, 5.74) is 5.04. The minimum absolute atomic E-state index is 0.0725. The number of hydrogen-bond acceptors (Lipinski definition) is 2. The molecule has 0 aliphatic carbocycles. The maximum Gasteiger partial charge on any atom is 0.573 e. The number of nitrogen functional groups attached to an aromatic ring is 1. The van der Waals surface area contributed by atoms with Crippen LogP contribution in [-0.2, 0) is 0 Å². The average Bonchev–Trinajstić information content (AvgIpc) is 2.36. The Hall–Kier alpha value is -2.38. The molecule has 0 saturated carbocycles. The first-order valence-corrected chi connectivity index (χ1v) is 5.47. The van der Waals surface area contributed by atoms with Gasteiger partial charge in [0.05, 0.1) is 5.69 Å². The Kier molecular flexibility index (Phi) is 3.71. The second-order valence-electron chi connectivity index (χ2n) is 4.05. The molecule has 0 spiro atoms. The monoisotopic (exact) mass is 307 g/mol. The lowest BCUT2D eigenvalue weighted by atomic mass is 10.0. The Labute approximate surface area is 114 Å². The van der Waals surface area contributed by atoms with Crippen LogP contribution in [0.15, 0.2) is 30.3 Å². The molecule has 0 amide bonds. The number of halogens is 6. The van der Waals surface area contributed by atoms with Crippen molar-refractivity contribution < 1.29 is 31.1 Å². The molecule has 2 N–H and O–H groups in total. The molecule has 0 unspecified atom stereocenters. The van der Waals surface area contributed by atoms with Crippen molar-refractivity contribution in [2.24, 2.45) is 0 Å². The average molecular weight is 307 g/mol. The summed E-state index contributed by atoms with van der Waals surface area (Å²) in [5, 5.41) is 0. The molecule has 0 atom stereocenters. The number of nitrogens with two attached hydrogens (primary N) is 1. The van der Waals surface area contributed by atoms with Gasteiger partial charge in [-0.3, -0.25) is 0 Å². The van der Waals surface area contributed by atoms with E-state index in [1.807, 2.05) is 0 Å². The van der Waals surface area contributed by atoms with Gasteiger partial charge in [-0.25, -0.2) is 13.2 Å². The van der Waals surface area contributed by atoms with Gasteiger partial charge in [0.15, 0.2) is 23.2 Å². The number of benzene rings is 2. The quantitative estimate of drug-likeness (QED) is 0.511. The lowest BCUT2D eigenvalue weighted by Gasteiger charge is -2.12. The van der Waals surface area contributed by atoms with E-state index in [2.05, 4.69) is 4.74 Å². The van der Waals surface area contributed by atoms with Crippen LogP contribution in [-0.4, -0.2) is 6.36 Å². The number of hydrogen-bond donors (Lipinski definition) is 1. The third-order valence-corrected chi connectivity index (χ3v) is 2.55. The maximum absolute atomic E-state index is 13.1. The Bertz CT molecular complexity index is 660. The highest BCUT2D eigenvalue weighted by molar-refractivity contribution is 5.70. The lowest BCUT2D eigenvalue weighted by molar-refractivity contribution is -0.274. The molecule has 2 aromatic carbocycles. The summed E-state index contributed by atoms with van der Waals surface area (Å²) in [4.78, 5) is 0. The summed E-state index contributed by atoms with van der Waals surface area (Å²) in [6.45, 7) is 0. The summed E-state index contributed by atoms with van der Waals surface area (Å²) in [6.07, 6.45) is -4.91. The molecule has 0 aliphatic heterocycles. The number of rotatable bonds is 2. The minimum atomic E-state index is -4.91. The zero-order valence-electron chi connectivity index (χ0n) is 10.1. The van der Waals surface area contributed by atoms with Crippen LogP contribution >= 0.6 is 0 Å². The molecule has 0 heterocycles. The molecule has 8 heteroatoms. The normalized spacial score (nSPS) is 11.5. The van der Waals surface area contributed by atoms with Crippen molar-refractivity contribution in [1.82, 2.24) is 0 Å². The standard InChI is InChI=1S/C13H7F6NO/c14-8-3-7(4-9(15)12(8)16)6-1-2-11(10(20)5-6)21-13(17,18)19/h1-5H,20H2. The minimum Gasteiger partial charge on any atom is -0.404 e. The fraction of sp³-hybridized carbons (Fsp3) is 0.0769. The van der Waals surface area contributed by atoms with E-state index in [1.165, 1.54) is 0 Å². The van der Waals surface area contributed by atoms with Gasteiger partial charge in [0.25, 0.3) is 0 Å². The van der Waals surface area contributed by atoms with Crippen LogP contribution in [0.5, 0.6) is 5.75 Å². The van der Waals surface area contributed by atoms with Gasteiger partial charge >= 0.3 is 6.36 Å². The van der Waals surface area contributed by atoms with Crippen LogP contribution in [0.2, 0.25) is 0 Å². The third-order valence-electron chi connectivity index (χ3n) is 2.55. The van der Waals surface area contributed by atoms with Crippen LogP contribution in [0.1, 0.15) is 0 Å². The largest absolute Gasteiger partial charge is 0.573 e. The van der Waals surface area contributed by atoms with Crippen molar-refractivity contribution in [1.29, 1.82) is 0 Å². The predicted molar refractivity (Wildman–Crippen MR) is 62.8 cm³/mol. The molecule has 0 fully saturated rings. The molecular formula is C13H7F6NO. The van der Waals surface area contributed by atoms with Crippen molar-refractivity contribution in [3.63, 3.8) is 0 Å². The lowest BCUT2D eigenvalue weighted by Crippen LogP contribution is -2.18. The molecule has 2 nitrogen and oxygen atoms in total. The van der Waals surface area contributed by atoms with E-state index in [-0.39, 0.29) is 16.8 Å². The summed E-state index contributed by atoms with van der Waals surface area (Å²) in [6, 6.07) is 4.46. The first kappa shape index (κ1) is 15.0. The molecule has 21 heavy (non-hydrogen) atoms. The van der Waals surface area contributed by atoms with E-state index in [0.717, 1.165) is 18.2 Å². The first-order chi connectivity index (χ1) is 9.67. The molecule has 0 saturated heterocycles. The molecule has 2 rings (SSSR count). The summed E-state index contributed by atoms with van der Waals surface area (Å²) in [7, 11) is 0. The highest BCUT2D eigenvalue weighted by atomic mass is 19.4. The highest BCUT2D eigenvalue weighted by Crippen LogP contribution is 2.33. The molecular weight excluding hydrogens is 300 g/mol.